The zero-order valence-electron chi connectivity index (χ0n) is 9.27. The third kappa shape index (κ3) is 1.87. The van der Waals surface area contributed by atoms with Crippen LogP contribution >= 0.6 is 15.9 Å². The first kappa shape index (κ1) is 10.5. The van der Waals surface area contributed by atoms with Gasteiger partial charge in [-0.3, -0.25) is 0 Å². The monoisotopic (exact) mass is 287 g/mol. The lowest BCUT2D eigenvalue weighted by Gasteiger charge is -2.01. The van der Waals surface area contributed by atoms with Crippen molar-refractivity contribution in [3.8, 4) is 11.5 Å². The minimum atomic E-state index is 0.671. The second kappa shape index (κ2) is 4.00. The fourth-order valence-electron chi connectivity index (χ4n) is 1.81. The fraction of sp³-hybridized carbons (Fsp3) is 0.0714. The number of nitrogens with zero attached hydrogens (tertiary/aromatic N) is 1. The average Bonchev–Trinajstić information content (AvgIpc) is 2.75. The molecule has 0 amide bonds. The van der Waals surface area contributed by atoms with Crippen molar-refractivity contribution in [1.29, 1.82) is 0 Å². The molecule has 2 nitrogen and oxygen atoms in total. The van der Waals surface area contributed by atoms with Gasteiger partial charge in [-0.15, -0.1) is 0 Å². The number of rotatable bonds is 1. The summed E-state index contributed by atoms with van der Waals surface area (Å²) in [5.41, 5.74) is 3.89. The summed E-state index contributed by atoms with van der Waals surface area (Å²) in [6.45, 7) is 2.05. The van der Waals surface area contributed by atoms with Gasteiger partial charge in [0.2, 0.25) is 5.89 Å². The minimum absolute atomic E-state index is 0.671. The summed E-state index contributed by atoms with van der Waals surface area (Å²) in [7, 11) is 0. The largest absolute Gasteiger partial charge is 0.436 e. The highest BCUT2D eigenvalue weighted by Crippen LogP contribution is 2.28. The van der Waals surface area contributed by atoms with E-state index in [0.717, 1.165) is 26.7 Å². The van der Waals surface area contributed by atoms with Crippen LogP contribution in [0.1, 0.15) is 5.56 Å². The van der Waals surface area contributed by atoms with E-state index in [2.05, 4.69) is 27.8 Å². The summed E-state index contributed by atoms with van der Waals surface area (Å²) in [5.74, 6) is 0.671. The second-order valence-corrected chi connectivity index (χ2v) is 4.86. The van der Waals surface area contributed by atoms with E-state index in [9.17, 15) is 0 Å². The first-order valence-electron chi connectivity index (χ1n) is 5.36. The maximum atomic E-state index is 5.76. The fourth-order valence-corrected chi connectivity index (χ4v) is 2.17. The lowest BCUT2D eigenvalue weighted by Crippen LogP contribution is -1.82. The molecular formula is C14H10BrNO. The molecule has 0 saturated carbocycles. The van der Waals surface area contributed by atoms with Crippen LogP contribution in [0.2, 0.25) is 0 Å². The lowest BCUT2D eigenvalue weighted by atomic mass is 10.1. The third-order valence-corrected chi connectivity index (χ3v) is 3.22. The molecule has 0 aliphatic rings. The number of aryl methyl sites for hydroxylation is 1. The van der Waals surface area contributed by atoms with Gasteiger partial charge in [0.1, 0.15) is 5.52 Å². The number of fused-ring (bicyclic) bond motifs is 1. The van der Waals surface area contributed by atoms with E-state index >= 15 is 0 Å². The van der Waals surface area contributed by atoms with Crippen LogP contribution in [0.5, 0.6) is 0 Å². The van der Waals surface area contributed by atoms with Gasteiger partial charge in [0, 0.05) is 10.0 Å². The van der Waals surface area contributed by atoms with Crippen molar-refractivity contribution in [3.63, 3.8) is 0 Å². The second-order valence-electron chi connectivity index (χ2n) is 3.95. The van der Waals surface area contributed by atoms with E-state index < -0.39 is 0 Å². The normalized spacial score (nSPS) is 10.9. The Hall–Kier alpha value is -1.61. The summed E-state index contributed by atoms with van der Waals surface area (Å²) in [5, 5.41) is 0. The summed E-state index contributed by atoms with van der Waals surface area (Å²) >= 11 is 3.47. The molecule has 0 spiro atoms. The van der Waals surface area contributed by atoms with Gasteiger partial charge >= 0.3 is 0 Å². The molecular weight excluding hydrogens is 278 g/mol. The highest BCUT2D eigenvalue weighted by Gasteiger charge is 2.10. The van der Waals surface area contributed by atoms with Crippen molar-refractivity contribution in [2.24, 2.45) is 0 Å². The minimum Gasteiger partial charge on any atom is -0.436 e. The highest BCUT2D eigenvalue weighted by molar-refractivity contribution is 9.10. The average molecular weight is 288 g/mol. The molecule has 0 aliphatic heterocycles. The van der Waals surface area contributed by atoms with Crippen LogP contribution in [-0.4, -0.2) is 4.98 Å². The zero-order valence-corrected chi connectivity index (χ0v) is 10.9. The van der Waals surface area contributed by atoms with Crippen LogP contribution in [0.25, 0.3) is 22.6 Å². The Labute approximate surface area is 107 Å². The molecule has 0 aliphatic carbocycles. The molecule has 0 atom stereocenters. The van der Waals surface area contributed by atoms with E-state index in [4.69, 9.17) is 4.42 Å². The molecule has 17 heavy (non-hydrogen) atoms. The standard InChI is InChI=1S/C14H10BrNO/c1-9-6-7-10(15)8-11(9)14-16-12-4-2-3-5-13(12)17-14/h2-8H,1H3. The van der Waals surface area contributed by atoms with Gasteiger partial charge in [-0.1, -0.05) is 34.1 Å². The maximum Gasteiger partial charge on any atom is 0.227 e. The van der Waals surface area contributed by atoms with Gasteiger partial charge in [-0.2, -0.15) is 0 Å². The maximum absolute atomic E-state index is 5.76. The topological polar surface area (TPSA) is 26.0 Å². The number of halogens is 1. The molecule has 0 saturated heterocycles. The SMILES string of the molecule is Cc1ccc(Br)cc1-c1nc2ccccc2o1. The Morgan fingerprint density at radius 2 is 1.94 bits per heavy atom. The smallest absolute Gasteiger partial charge is 0.227 e. The van der Waals surface area contributed by atoms with E-state index in [1.165, 1.54) is 0 Å². The summed E-state index contributed by atoms with van der Waals surface area (Å²) in [6.07, 6.45) is 0. The van der Waals surface area contributed by atoms with Crippen LogP contribution < -0.4 is 0 Å². The molecule has 0 bridgehead atoms. The van der Waals surface area contributed by atoms with Crippen molar-refractivity contribution in [3.05, 3.63) is 52.5 Å². The van der Waals surface area contributed by atoms with Crippen LogP contribution in [0.3, 0.4) is 0 Å². The number of para-hydroxylation sites is 2. The molecule has 0 unspecified atom stereocenters. The molecule has 0 N–H and O–H groups in total. The summed E-state index contributed by atoms with van der Waals surface area (Å²) in [6, 6.07) is 13.9. The third-order valence-electron chi connectivity index (χ3n) is 2.72. The molecule has 3 rings (SSSR count). The van der Waals surface area contributed by atoms with Crippen LogP contribution in [0.4, 0.5) is 0 Å². The molecule has 2 aromatic carbocycles. The van der Waals surface area contributed by atoms with E-state index in [-0.39, 0.29) is 0 Å². The van der Waals surface area contributed by atoms with Crippen LogP contribution in [-0.2, 0) is 0 Å². The van der Waals surface area contributed by atoms with Gasteiger partial charge in [0.15, 0.2) is 5.58 Å². The van der Waals surface area contributed by atoms with Gasteiger partial charge in [0.25, 0.3) is 0 Å². The van der Waals surface area contributed by atoms with E-state index in [1.54, 1.807) is 0 Å². The molecule has 0 radical (unpaired) electrons. The number of hydrogen-bond acceptors (Lipinski definition) is 2. The number of aromatic nitrogens is 1. The van der Waals surface area contributed by atoms with Crippen molar-refractivity contribution >= 4 is 27.0 Å². The van der Waals surface area contributed by atoms with Gasteiger partial charge < -0.3 is 4.42 Å². The first-order valence-corrected chi connectivity index (χ1v) is 6.15. The zero-order chi connectivity index (χ0) is 11.8. The molecule has 0 fully saturated rings. The van der Waals surface area contributed by atoms with Gasteiger partial charge in [-0.25, -0.2) is 4.98 Å². The van der Waals surface area contributed by atoms with Gasteiger partial charge in [0.05, 0.1) is 0 Å². The highest BCUT2D eigenvalue weighted by atomic mass is 79.9. The molecule has 3 aromatic rings. The van der Waals surface area contributed by atoms with Crippen molar-refractivity contribution in [1.82, 2.24) is 4.98 Å². The molecule has 84 valence electrons. The Morgan fingerprint density at radius 3 is 2.76 bits per heavy atom. The Bertz CT molecular complexity index is 655. The van der Waals surface area contributed by atoms with Gasteiger partial charge in [-0.05, 0) is 36.8 Å². The predicted molar refractivity (Wildman–Crippen MR) is 71.9 cm³/mol. The van der Waals surface area contributed by atoms with Crippen LogP contribution in [0, 0.1) is 6.92 Å². The van der Waals surface area contributed by atoms with Crippen molar-refractivity contribution in [2.75, 3.05) is 0 Å². The summed E-state index contributed by atoms with van der Waals surface area (Å²) < 4.78 is 6.79. The predicted octanol–water partition coefficient (Wildman–Crippen LogP) is 4.57. The van der Waals surface area contributed by atoms with E-state index in [0.29, 0.717) is 5.89 Å². The van der Waals surface area contributed by atoms with Crippen LogP contribution in [0.15, 0.2) is 51.4 Å². The number of hydrogen-bond donors (Lipinski definition) is 0. The van der Waals surface area contributed by atoms with Crippen molar-refractivity contribution in [2.45, 2.75) is 6.92 Å². The number of oxazole rings is 1. The molecule has 1 aromatic heterocycles. The Kier molecular flexibility index (Phi) is 2.48. The number of benzene rings is 2. The van der Waals surface area contributed by atoms with E-state index in [1.807, 2.05) is 42.5 Å². The Morgan fingerprint density at radius 1 is 1.12 bits per heavy atom. The molecule has 1 heterocycles. The lowest BCUT2D eigenvalue weighted by molar-refractivity contribution is 0.619. The Balaban J connectivity index is 2.23. The first-order chi connectivity index (χ1) is 8.24. The van der Waals surface area contributed by atoms with Crippen molar-refractivity contribution < 1.29 is 4.42 Å². The molecule has 3 heteroatoms. The quantitative estimate of drug-likeness (QED) is 0.655. The summed E-state index contributed by atoms with van der Waals surface area (Å²) in [4.78, 5) is 4.50.